The molecule has 1 heterocycles. The lowest BCUT2D eigenvalue weighted by Crippen LogP contribution is -2.26. The molecule has 19 heavy (non-hydrogen) atoms. The summed E-state index contributed by atoms with van der Waals surface area (Å²) < 4.78 is 18.1. The predicted octanol–water partition coefficient (Wildman–Crippen LogP) is 1.98. The van der Waals surface area contributed by atoms with Crippen LogP contribution in [0.15, 0.2) is 28.8 Å². The maximum atomic E-state index is 13.2. The van der Waals surface area contributed by atoms with Crippen molar-refractivity contribution in [1.82, 2.24) is 10.1 Å². The molecular weight excluding hydrogens is 249 g/mol. The Morgan fingerprint density at radius 2 is 2.16 bits per heavy atom. The number of aryl methyl sites for hydroxylation is 1. The molecule has 2 rings (SSSR count). The minimum Gasteiger partial charge on any atom is -0.399 e. The zero-order valence-electron chi connectivity index (χ0n) is 10.7. The van der Waals surface area contributed by atoms with Crippen LogP contribution in [0.4, 0.5) is 10.1 Å². The summed E-state index contributed by atoms with van der Waals surface area (Å²) in [6.45, 7) is 2.05. The average Bonchev–Trinajstić information content (AvgIpc) is 2.72. The summed E-state index contributed by atoms with van der Waals surface area (Å²) in [7, 11) is 1.60. The lowest BCUT2D eigenvalue weighted by atomic mass is 10.1. The molecule has 6 heteroatoms. The number of anilines is 1. The quantitative estimate of drug-likeness (QED) is 0.859. The van der Waals surface area contributed by atoms with Crippen molar-refractivity contribution in [2.24, 2.45) is 0 Å². The van der Waals surface area contributed by atoms with Crippen molar-refractivity contribution < 1.29 is 13.7 Å². The largest absolute Gasteiger partial charge is 0.399 e. The van der Waals surface area contributed by atoms with Crippen molar-refractivity contribution in [2.45, 2.75) is 13.5 Å². The molecule has 0 saturated heterocycles. The second-order valence-electron chi connectivity index (χ2n) is 4.36. The number of hydrogen-bond acceptors (Lipinski definition) is 4. The van der Waals surface area contributed by atoms with Crippen molar-refractivity contribution in [2.75, 3.05) is 12.8 Å². The molecule has 0 unspecified atom stereocenters. The van der Waals surface area contributed by atoms with Gasteiger partial charge in [0.05, 0.1) is 6.54 Å². The van der Waals surface area contributed by atoms with Crippen LogP contribution in [0.1, 0.15) is 21.8 Å². The Bertz CT molecular complexity index is 589. The number of nitrogens with two attached hydrogens (primary N) is 1. The highest BCUT2D eigenvalue weighted by atomic mass is 19.1. The first-order valence-corrected chi connectivity index (χ1v) is 5.69. The van der Waals surface area contributed by atoms with Gasteiger partial charge in [-0.05, 0) is 25.1 Å². The van der Waals surface area contributed by atoms with Crippen LogP contribution in [0.5, 0.6) is 0 Å². The fraction of sp³-hybridized carbons (Fsp3) is 0.231. The van der Waals surface area contributed by atoms with Crippen molar-refractivity contribution in [3.63, 3.8) is 0 Å². The van der Waals surface area contributed by atoms with Crippen LogP contribution >= 0.6 is 0 Å². The molecule has 0 aliphatic heterocycles. The van der Waals surface area contributed by atoms with Crippen molar-refractivity contribution in [3.05, 3.63) is 47.1 Å². The smallest absolute Gasteiger partial charge is 0.254 e. The van der Waals surface area contributed by atoms with E-state index in [0.29, 0.717) is 11.5 Å². The van der Waals surface area contributed by atoms with E-state index in [4.69, 9.17) is 10.3 Å². The number of benzene rings is 1. The maximum Gasteiger partial charge on any atom is 0.254 e. The molecule has 2 N–H and O–H groups in total. The first-order valence-electron chi connectivity index (χ1n) is 5.69. The summed E-state index contributed by atoms with van der Waals surface area (Å²) in [6, 6.07) is 5.50. The highest BCUT2D eigenvalue weighted by molar-refractivity contribution is 5.94. The van der Waals surface area contributed by atoms with Crippen LogP contribution in [-0.4, -0.2) is 23.0 Å². The van der Waals surface area contributed by atoms with Gasteiger partial charge in [-0.2, -0.15) is 0 Å². The van der Waals surface area contributed by atoms with Gasteiger partial charge in [0.15, 0.2) is 0 Å². The van der Waals surface area contributed by atoms with Gasteiger partial charge in [-0.1, -0.05) is 5.16 Å². The molecule has 1 aromatic heterocycles. The van der Waals surface area contributed by atoms with E-state index in [1.807, 2.05) is 0 Å². The number of aromatic nitrogens is 1. The summed E-state index contributed by atoms with van der Waals surface area (Å²) in [6.07, 6.45) is 0. The van der Waals surface area contributed by atoms with Gasteiger partial charge >= 0.3 is 0 Å². The fourth-order valence-electron chi connectivity index (χ4n) is 1.76. The molecule has 1 aromatic carbocycles. The number of amides is 1. The van der Waals surface area contributed by atoms with E-state index in [-0.39, 0.29) is 23.7 Å². The maximum absolute atomic E-state index is 13.2. The van der Waals surface area contributed by atoms with Gasteiger partial charge in [-0.15, -0.1) is 0 Å². The monoisotopic (exact) mass is 263 g/mol. The third kappa shape index (κ3) is 3.09. The highest BCUT2D eigenvalue weighted by Gasteiger charge is 2.15. The summed E-state index contributed by atoms with van der Waals surface area (Å²) in [5.41, 5.74) is 6.58. The van der Waals surface area contributed by atoms with Gasteiger partial charge in [-0.25, -0.2) is 4.39 Å². The molecule has 2 aromatic rings. The number of hydrogen-bond donors (Lipinski definition) is 1. The molecule has 0 spiro atoms. The van der Waals surface area contributed by atoms with Crippen molar-refractivity contribution in [1.29, 1.82) is 0 Å². The Kier molecular flexibility index (Phi) is 3.50. The number of nitrogen functional groups attached to an aromatic ring is 1. The summed E-state index contributed by atoms with van der Waals surface area (Å²) >= 11 is 0. The van der Waals surface area contributed by atoms with E-state index in [1.165, 1.54) is 11.0 Å². The van der Waals surface area contributed by atoms with Crippen LogP contribution in [0.3, 0.4) is 0 Å². The molecule has 0 atom stereocenters. The van der Waals surface area contributed by atoms with Gasteiger partial charge in [0.25, 0.3) is 5.91 Å². The zero-order valence-corrected chi connectivity index (χ0v) is 10.7. The summed E-state index contributed by atoms with van der Waals surface area (Å²) in [5.74, 6) is -0.188. The van der Waals surface area contributed by atoms with E-state index in [9.17, 15) is 9.18 Å². The molecular formula is C13H14FN3O2. The molecule has 0 saturated carbocycles. The summed E-state index contributed by atoms with van der Waals surface area (Å²) in [4.78, 5) is 13.5. The second-order valence-corrected chi connectivity index (χ2v) is 4.36. The standard InChI is InChI=1S/C13H14FN3O2/c1-8-3-12(16-19-8)7-17(2)13(18)9-4-10(14)6-11(15)5-9/h3-6H,7,15H2,1-2H3. The highest BCUT2D eigenvalue weighted by Crippen LogP contribution is 2.14. The zero-order chi connectivity index (χ0) is 14.0. The lowest BCUT2D eigenvalue weighted by Gasteiger charge is -2.15. The van der Waals surface area contributed by atoms with Crippen LogP contribution in [0.25, 0.3) is 0 Å². The number of carbonyl (C=O) groups excluding carboxylic acids is 1. The number of rotatable bonds is 3. The Hall–Kier alpha value is -2.37. The van der Waals surface area contributed by atoms with E-state index in [0.717, 1.165) is 12.1 Å². The molecule has 0 aliphatic carbocycles. The fourth-order valence-corrected chi connectivity index (χ4v) is 1.76. The molecule has 0 fully saturated rings. The first-order chi connectivity index (χ1) is 8.95. The predicted molar refractivity (Wildman–Crippen MR) is 67.8 cm³/mol. The number of carbonyl (C=O) groups is 1. The molecule has 0 bridgehead atoms. The van der Waals surface area contributed by atoms with Gasteiger partial charge in [0, 0.05) is 24.4 Å². The SMILES string of the molecule is Cc1cc(CN(C)C(=O)c2cc(N)cc(F)c2)no1. The molecule has 0 radical (unpaired) electrons. The van der Waals surface area contributed by atoms with E-state index < -0.39 is 5.82 Å². The van der Waals surface area contributed by atoms with Crippen LogP contribution in [0.2, 0.25) is 0 Å². The van der Waals surface area contributed by atoms with Crippen LogP contribution in [-0.2, 0) is 6.54 Å². The van der Waals surface area contributed by atoms with Crippen molar-refractivity contribution in [3.8, 4) is 0 Å². The topological polar surface area (TPSA) is 72.4 Å². The Balaban J connectivity index is 2.14. The molecule has 0 aliphatic rings. The average molecular weight is 263 g/mol. The Labute approximate surface area is 109 Å². The minimum absolute atomic E-state index is 0.209. The van der Waals surface area contributed by atoms with Crippen molar-refractivity contribution >= 4 is 11.6 Å². The van der Waals surface area contributed by atoms with E-state index in [2.05, 4.69) is 5.16 Å². The van der Waals surface area contributed by atoms with E-state index >= 15 is 0 Å². The number of nitrogens with zero attached hydrogens (tertiary/aromatic N) is 2. The molecule has 100 valence electrons. The Morgan fingerprint density at radius 1 is 1.42 bits per heavy atom. The van der Waals surface area contributed by atoms with Crippen LogP contribution < -0.4 is 5.73 Å². The van der Waals surface area contributed by atoms with Gasteiger partial charge in [-0.3, -0.25) is 4.79 Å². The second kappa shape index (κ2) is 5.09. The van der Waals surface area contributed by atoms with Gasteiger partial charge in [0.2, 0.25) is 0 Å². The Morgan fingerprint density at radius 3 is 2.74 bits per heavy atom. The minimum atomic E-state index is -0.533. The molecule has 5 nitrogen and oxygen atoms in total. The van der Waals surface area contributed by atoms with Gasteiger partial charge in [0.1, 0.15) is 17.3 Å². The number of halogens is 1. The summed E-state index contributed by atoms with van der Waals surface area (Å²) in [5, 5.41) is 3.80. The van der Waals surface area contributed by atoms with Gasteiger partial charge < -0.3 is 15.2 Å². The van der Waals surface area contributed by atoms with Crippen LogP contribution in [0, 0.1) is 12.7 Å². The molecule has 1 amide bonds. The lowest BCUT2D eigenvalue weighted by molar-refractivity contribution is 0.0781. The first kappa shape index (κ1) is 13.1. The van der Waals surface area contributed by atoms with E-state index in [1.54, 1.807) is 20.0 Å². The third-order valence-electron chi connectivity index (χ3n) is 2.59. The third-order valence-corrected chi connectivity index (χ3v) is 2.59. The normalized spacial score (nSPS) is 10.5.